The molecule has 0 fully saturated rings. The highest BCUT2D eigenvalue weighted by Crippen LogP contribution is 2.40. The Morgan fingerprint density at radius 1 is 1.48 bits per heavy atom. The Balaban J connectivity index is 2.30. The van der Waals surface area contributed by atoms with Crippen molar-refractivity contribution in [3.05, 3.63) is 69.2 Å². The molecular weight excluding hydrogens is 322 g/mol. The fourth-order valence-corrected chi connectivity index (χ4v) is 2.93. The number of fused-ring (bicyclic) bond motifs is 1. The maximum absolute atomic E-state index is 12.9. The smallest absolute Gasteiger partial charge is 0.340 e. The Labute approximate surface area is 144 Å². The van der Waals surface area contributed by atoms with E-state index in [1.54, 1.807) is 51.5 Å². The Kier molecular flexibility index (Phi) is 4.31. The molecule has 0 spiro atoms. The first-order valence-electron chi connectivity index (χ1n) is 7.90. The fraction of sp³-hybridized carbons (Fsp3) is 0.278. The van der Waals surface area contributed by atoms with Gasteiger partial charge in [0.1, 0.15) is 11.3 Å². The summed E-state index contributed by atoms with van der Waals surface area (Å²) in [5, 5.41) is 0. The molecule has 0 aromatic carbocycles. The number of pyridine rings is 2. The second kappa shape index (κ2) is 6.43. The summed E-state index contributed by atoms with van der Waals surface area (Å²) in [5.74, 6) is -1.02. The van der Waals surface area contributed by atoms with Crippen molar-refractivity contribution in [2.24, 2.45) is 12.8 Å². The van der Waals surface area contributed by atoms with Crippen molar-refractivity contribution in [3.63, 3.8) is 0 Å². The normalized spacial score (nSPS) is 16.2. The number of hydrogen-bond acceptors (Lipinski definition) is 6. The number of carbonyl (C=O) groups excluding carboxylic acids is 1. The lowest BCUT2D eigenvalue weighted by Crippen LogP contribution is -2.34. The van der Waals surface area contributed by atoms with Gasteiger partial charge < -0.3 is 19.8 Å². The molecule has 0 unspecified atom stereocenters. The van der Waals surface area contributed by atoms with Gasteiger partial charge in [-0.25, -0.2) is 4.79 Å². The van der Waals surface area contributed by atoms with E-state index in [2.05, 4.69) is 4.98 Å². The van der Waals surface area contributed by atoms with Crippen molar-refractivity contribution in [2.75, 3.05) is 6.61 Å². The molecule has 0 radical (unpaired) electrons. The standard InChI is InChI=1S/C18H19N3O4/c1-4-24-18(23)15-13(11-6-5-7-20-9-11)14-12(25-16(15)19)8-10(2)21(3)17(14)22/h5-9,13H,4,19H2,1-3H3/t13-/m0/s1. The van der Waals surface area contributed by atoms with E-state index >= 15 is 0 Å². The number of esters is 1. The third kappa shape index (κ3) is 2.77. The predicted molar refractivity (Wildman–Crippen MR) is 91.0 cm³/mol. The maximum atomic E-state index is 12.9. The van der Waals surface area contributed by atoms with E-state index in [4.69, 9.17) is 15.2 Å². The lowest BCUT2D eigenvalue weighted by Gasteiger charge is -2.28. The van der Waals surface area contributed by atoms with Gasteiger partial charge in [0.05, 0.1) is 18.1 Å². The molecule has 0 saturated heterocycles. The number of nitrogens with zero attached hydrogens (tertiary/aromatic N) is 2. The van der Waals surface area contributed by atoms with Crippen LogP contribution in [0.2, 0.25) is 0 Å². The van der Waals surface area contributed by atoms with Gasteiger partial charge in [-0.15, -0.1) is 0 Å². The van der Waals surface area contributed by atoms with E-state index in [0.29, 0.717) is 16.9 Å². The van der Waals surface area contributed by atoms with Crippen LogP contribution >= 0.6 is 0 Å². The van der Waals surface area contributed by atoms with Crippen LogP contribution in [0.1, 0.15) is 29.7 Å². The molecule has 25 heavy (non-hydrogen) atoms. The van der Waals surface area contributed by atoms with Crippen LogP contribution < -0.4 is 16.0 Å². The zero-order valence-corrected chi connectivity index (χ0v) is 14.3. The van der Waals surface area contributed by atoms with Crippen LogP contribution in [0, 0.1) is 6.92 Å². The first-order valence-corrected chi connectivity index (χ1v) is 7.90. The molecule has 0 bridgehead atoms. The lowest BCUT2D eigenvalue weighted by atomic mass is 9.84. The summed E-state index contributed by atoms with van der Waals surface area (Å²) >= 11 is 0. The first-order chi connectivity index (χ1) is 12.0. The molecule has 0 saturated carbocycles. The SMILES string of the molecule is CCOC(=O)C1=C(N)Oc2cc(C)n(C)c(=O)c2[C@@H]1c1cccnc1. The third-order valence-electron chi connectivity index (χ3n) is 4.25. The number of carbonyl (C=O) groups is 1. The van der Waals surface area contributed by atoms with Gasteiger partial charge in [0, 0.05) is 31.2 Å². The summed E-state index contributed by atoms with van der Waals surface area (Å²) in [7, 11) is 1.67. The van der Waals surface area contributed by atoms with Crippen molar-refractivity contribution in [1.82, 2.24) is 9.55 Å². The van der Waals surface area contributed by atoms with Crippen LogP contribution in [-0.4, -0.2) is 22.1 Å². The van der Waals surface area contributed by atoms with Crippen LogP contribution in [0.25, 0.3) is 0 Å². The van der Waals surface area contributed by atoms with Crippen molar-refractivity contribution < 1.29 is 14.3 Å². The minimum absolute atomic E-state index is 0.0625. The zero-order chi connectivity index (χ0) is 18.1. The van der Waals surface area contributed by atoms with Crippen LogP contribution in [0.5, 0.6) is 5.75 Å². The number of nitrogens with two attached hydrogens (primary N) is 1. The van der Waals surface area contributed by atoms with Gasteiger partial charge in [-0.05, 0) is 25.5 Å². The highest BCUT2D eigenvalue weighted by Gasteiger charge is 2.38. The summed E-state index contributed by atoms with van der Waals surface area (Å²) < 4.78 is 12.2. The number of ether oxygens (including phenoxy) is 2. The summed E-state index contributed by atoms with van der Waals surface area (Å²) in [6.07, 6.45) is 3.22. The number of rotatable bonds is 3. The van der Waals surface area contributed by atoms with E-state index in [-0.39, 0.29) is 23.6 Å². The molecule has 2 aromatic rings. The molecule has 2 aromatic heterocycles. The third-order valence-corrected chi connectivity index (χ3v) is 4.25. The van der Waals surface area contributed by atoms with Crippen molar-refractivity contribution in [2.45, 2.75) is 19.8 Å². The quantitative estimate of drug-likeness (QED) is 0.847. The topological polar surface area (TPSA) is 96.4 Å². The van der Waals surface area contributed by atoms with Gasteiger partial charge in [-0.1, -0.05) is 6.07 Å². The average molecular weight is 341 g/mol. The zero-order valence-electron chi connectivity index (χ0n) is 14.3. The summed E-state index contributed by atoms with van der Waals surface area (Å²) in [5.41, 5.74) is 7.62. The second-order valence-corrected chi connectivity index (χ2v) is 5.75. The van der Waals surface area contributed by atoms with Gasteiger partial charge in [0.25, 0.3) is 5.56 Å². The van der Waals surface area contributed by atoms with Crippen molar-refractivity contribution in [1.29, 1.82) is 0 Å². The lowest BCUT2D eigenvalue weighted by molar-refractivity contribution is -0.139. The predicted octanol–water partition coefficient (Wildman–Crippen LogP) is 1.35. The highest BCUT2D eigenvalue weighted by molar-refractivity contribution is 5.92. The summed E-state index contributed by atoms with van der Waals surface area (Å²) in [6.45, 7) is 3.69. The summed E-state index contributed by atoms with van der Waals surface area (Å²) in [4.78, 5) is 29.5. The summed E-state index contributed by atoms with van der Waals surface area (Å²) in [6, 6.07) is 5.26. The van der Waals surface area contributed by atoms with Gasteiger partial charge in [0.15, 0.2) is 0 Å². The van der Waals surface area contributed by atoms with Crippen LogP contribution in [0.4, 0.5) is 0 Å². The average Bonchev–Trinajstić information content (AvgIpc) is 2.59. The molecule has 3 rings (SSSR count). The van der Waals surface area contributed by atoms with Crippen LogP contribution in [-0.2, 0) is 16.6 Å². The van der Waals surface area contributed by atoms with E-state index in [9.17, 15) is 9.59 Å². The molecule has 7 nitrogen and oxygen atoms in total. The largest absolute Gasteiger partial charge is 0.462 e. The minimum atomic E-state index is -0.698. The molecule has 1 aliphatic heterocycles. The van der Waals surface area contributed by atoms with E-state index < -0.39 is 11.9 Å². The monoisotopic (exact) mass is 341 g/mol. The Morgan fingerprint density at radius 3 is 2.88 bits per heavy atom. The van der Waals surface area contributed by atoms with Crippen molar-refractivity contribution >= 4 is 5.97 Å². The molecule has 7 heteroatoms. The van der Waals surface area contributed by atoms with Crippen molar-refractivity contribution in [3.8, 4) is 5.75 Å². The van der Waals surface area contributed by atoms with Gasteiger partial charge in [0.2, 0.25) is 5.88 Å². The Hall–Kier alpha value is -3.09. The van der Waals surface area contributed by atoms with Gasteiger partial charge in [-0.3, -0.25) is 9.78 Å². The van der Waals surface area contributed by atoms with Crippen LogP contribution in [0.3, 0.4) is 0 Å². The molecule has 0 aliphatic carbocycles. The fourth-order valence-electron chi connectivity index (χ4n) is 2.93. The molecule has 1 atom stereocenters. The molecular formula is C18H19N3O4. The van der Waals surface area contributed by atoms with E-state index in [0.717, 1.165) is 5.69 Å². The number of hydrogen-bond donors (Lipinski definition) is 1. The molecule has 1 aliphatic rings. The first kappa shape index (κ1) is 16.8. The number of aryl methyl sites for hydroxylation is 1. The minimum Gasteiger partial charge on any atom is -0.462 e. The Morgan fingerprint density at radius 2 is 2.24 bits per heavy atom. The molecule has 130 valence electrons. The molecule has 2 N–H and O–H groups in total. The van der Waals surface area contributed by atoms with E-state index in [1.807, 2.05) is 0 Å². The maximum Gasteiger partial charge on any atom is 0.340 e. The molecule has 0 amide bonds. The van der Waals surface area contributed by atoms with Gasteiger partial charge in [-0.2, -0.15) is 0 Å². The highest BCUT2D eigenvalue weighted by atomic mass is 16.5. The number of aromatic nitrogens is 2. The van der Waals surface area contributed by atoms with Crippen LogP contribution in [0.15, 0.2) is 46.8 Å². The molecule has 3 heterocycles. The Bertz CT molecular complexity index is 916. The van der Waals surface area contributed by atoms with Gasteiger partial charge >= 0.3 is 5.97 Å². The second-order valence-electron chi connectivity index (χ2n) is 5.75. The van der Waals surface area contributed by atoms with E-state index in [1.165, 1.54) is 4.57 Å².